The van der Waals surface area contributed by atoms with Crippen LogP contribution in [0.15, 0.2) is 42.6 Å². The van der Waals surface area contributed by atoms with E-state index in [9.17, 15) is 14.7 Å². The molecule has 2 aliphatic heterocycles. The molecule has 1 unspecified atom stereocenters. The largest absolute Gasteiger partial charge is 0.496 e. The van der Waals surface area contributed by atoms with E-state index < -0.39 is 5.97 Å². The van der Waals surface area contributed by atoms with Crippen molar-refractivity contribution < 1.29 is 19.4 Å². The Morgan fingerprint density at radius 1 is 1.21 bits per heavy atom. The number of aromatic nitrogens is 1. The van der Waals surface area contributed by atoms with Crippen LogP contribution >= 0.6 is 0 Å². The fraction of sp³-hybridized carbons (Fsp3) is 0.407. The van der Waals surface area contributed by atoms with Crippen molar-refractivity contribution in [3.05, 3.63) is 64.8 Å². The zero-order chi connectivity index (χ0) is 23.8. The van der Waals surface area contributed by atoms with E-state index in [0.29, 0.717) is 13.0 Å². The Morgan fingerprint density at radius 2 is 2.00 bits per heavy atom. The number of aromatic carboxylic acids is 1. The fourth-order valence-electron chi connectivity index (χ4n) is 5.70. The number of benzene rings is 2. The van der Waals surface area contributed by atoms with Gasteiger partial charge < -0.3 is 19.7 Å². The summed E-state index contributed by atoms with van der Waals surface area (Å²) in [4.78, 5) is 31.7. The van der Waals surface area contributed by atoms with Gasteiger partial charge in [-0.05, 0) is 61.6 Å². The van der Waals surface area contributed by atoms with Gasteiger partial charge in [0.15, 0.2) is 0 Å². The zero-order valence-electron chi connectivity index (χ0n) is 19.7. The Balaban J connectivity index is 1.49. The van der Waals surface area contributed by atoms with Crippen LogP contribution in [0, 0.1) is 6.92 Å². The summed E-state index contributed by atoms with van der Waals surface area (Å²) in [6.45, 7) is 4.48. The van der Waals surface area contributed by atoms with Crippen molar-refractivity contribution >= 4 is 22.8 Å². The second-order valence-electron chi connectivity index (χ2n) is 9.42. The molecule has 0 spiro atoms. The summed E-state index contributed by atoms with van der Waals surface area (Å²) < 4.78 is 5.79. The number of carbonyl (C=O) groups is 2. The number of nitrogens with one attached hydrogen (secondary N) is 1. The number of ether oxygens (including phenoxy) is 1. The molecule has 0 aliphatic carbocycles. The maximum Gasteiger partial charge on any atom is 0.335 e. The SMILES string of the molecule is COc1cc(C)c2[nH]ccc2c1CN1CCC(N2CCCC2=O)C[C@H]1c1ccc(C(=O)O)cc1. The van der Waals surface area contributed by atoms with Crippen LogP contribution in [0.4, 0.5) is 0 Å². The summed E-state index contributed by atoms with van der Waals surface area (Å²) in [5.41, 5.74) is 4.78. The van der Waals surface area contributed by atoms with Crippen LogP contribution in [0.25, 0.3) is 10.9 Å². The maximum absolute atomic E-state index is 12.5. The number of aryl methyl sites for hydroxylation is 1. The van der Waals surface area contributed by atoms with Crippen molar-refractivity contribution in [1.82, 2.24) is 14.8 Å². The molecule has 1 aromatic heterocycles. The summed E-state index contributed by atoms with van der Waals surface area (Å²) in [7, 11) is 1.71. The quantitative estimate of drug-likeness (QED) is 0.564. The number of aromatic amines is 1. The van der Waals surface area contributed by atoms with Crippen LogP contribution in [-0.4, -0.2) is 58.0 Å². The number of piperidine rings is 1. The number of carboxylic acid groups (broad SMARTS) is 1. The number of methoxy groups -OCH3 is 1. The number of carboxylic acids is 1. The molecular weight excluding hydrogens is 430 g/mol. The zero-order valence-corrected chi connectivity index (χ0v) is 19.7. The van der Waals surface area contributed by atoms with E-state index in [1.165, 1.54) is 0 Å². The second-order valence-corrected chi connectivity index (χ2v) is 9.42. The molecule has 2 saturated heterocycles. The lowest BCUT2D eigenvalue weighted by Gasteiger charge is -2.43. The maximum atomic E-state index is 12.5. The molecule has 3 aromatic rings. The van der Waals surface area contributed by atoms with Crippen molar-refractivity contribution in [2.75, 3.05) is 20.2 Å². The fourth-order valence-corrected chi connectivity index (χ4v) is 5.70. The number of nitrogens with zero attached hydrogens (tertiary/aromatic N) is 2. The minimum absolute atomic E-state index is 0.0787. The number of fused-ring (bicyclic) bond motifs is 1. The van der Waals surface area contributed by atoms with Gasteiger partial charge in [-0.15, -0.1) is 0 Å². The summed E-state index contributed by atoms with van der Waals surface area (Å²) >= 11 is 0. The van der Waals surface area contributed by atoms with Gasteiger partial charge in [-0.1, -0.05) is 12.1 Å². The van der Waals surface area contributed by atoms with Crippen molar-refractivity contribution in [3.8, 4) is 5.75 Å². The molecule has 3 heterocycles. The summed E-state index contributed by atoms with van der Waals surface area (Å²) in [6, 6.07) is 11.7. The molecule has 2 fully saturated rings. The monoisotopic (exact) mass is 461 g/mol. The average molecular weight is 462 g/mol. The molecular formula is C27H31N3O4. The molecule has 178 valence electrons. The number of amides is 1. The third-order valence-electron chi connectivity index (χ3n) is 7.47. The highest BCUT2D eigenvalue weighted by Crippen LogP contribution is 2.39. The van der Waals surface area contributed by atoms with Gasteiger partial charge in [-0.25, -0.2) is 4.79 Å². The Bertz CT molecular complexity index is 1220. The molecule has 2 aromatic carbocycles. The lowest BCUT2D eigenvalue weighted by molar-refractivity contribution is -0.131. The molecule has 34 heavy (non-hydrogen) atoms. The van der Waals surface area contributed by atoms with E-state index in [0.717, 1.165) is 65.7 Å². The van der Waals surface area contributed by atoms with E-state index in [1.807, 2.05) is 18.3 Å². The third-order valence-corrected chi connectivity index (χ3v) is 7.47. The number of H-pyrrole nitrogens is 1. The Labute approximate surface area is 199 Å². The molecule has 0 bridgehead atoms. The Morgan fingerprint density at radius 3 is 2.68 bits per heavy atom. The number of hydrogen-bond donors (Lipinski definition) is 2. The number of hydrogen-bond acceptors (Lipinski definition) is 4. The van der Waals surface area contributed by atoms with Gasteiger partial charge >= 0.3 is 5.97 Å². The summed E-state index contributed by atoms with van der Waals surface area (Å²) in [5.74, 6) is 0.209. The van der Waals surface area contributed by atoms with Gasteiger partial charge in [0, 0.05) is 60.8 Å². The van der Waals surface area contributed by atoms with Gasteiger partial charge in [0.05, 0.1) is 12.7 Å². The predicted octanol–water partition coefficient (Wildman–Crippen LogP) is 4.51. The standard InChI is InChI=1S/C27H31N3O4/c1-17-14-24(34-2)22(21-9-11-28-26(17)21)16-29-13-10-20(30-12-3-4-25(30)31)15-23(29)18-5-7-19(8-6-18)27(32)33/h5-9,11,14,20,23,28H,3-4,10,12-13,15-16H2,1-2H3,(H,32,33)/t20?,23-/m0/s1. The van der Waals surface area contributed by atoms with E-state index in [-0.39, 0.29) is 23.6 Å². The first-order chi connectivity index (χ1) is 16.5. The average Bonchev–Trinajstić information content (AvgIpc) is 3.50. The highest BCUT2D eigenvalue weighted by atomic mass is 16.5. The molecule has 1 amide bonds. The highest BCUT2D eigenvalue weighted by molar-refractivity contribution is 5.88. The van der Waals surface area contributed by atoms with E-state index in [4.69, 9.17) is 4.74 Å². The van der Waals surface area contributed by atoms with E-state index in [2.05, 4.69) is 33.8 Å². The lowest BCUT2D eigenvalue weighted by atomic mass is 9.89. The first kappa shape index (κ1) is 22.5. The van der Waals surface area contributed by atoms with Crippen LogP contribution < -0.4 is 4.74 Å². The van der Waals surface area contributed by atoms with Gasteiger partial charge in [0.1, 0.15) is 5.75 Å². The van der Waals surface area contributed by atoms with Gasteiger partial charge in [-0.3, -0.25) is 9.69 Å². The van der Waals surface area contributed by atoms with Gasteiger partial charge in [0.25, 0.3) is 0 Å². The molecule has 2 N–H and O–H groups in total. The topological polar surface area (TPSA) is 85.9 Å². The minimum atomic E-state index is -0.924. The van der Waals surface area contributed by atoms with Crippen molar-refractivity contribution in [2.45, 2.75) is 51.2 Å². The first-order valence-corrected chi connectivity index (χ1v) is 12.0. The molecule has 2 atom stereocenters. The number of likely N-dealkylation sites (tertiary alicyclic amines) is 2. The molecule has 7 heteroatoms. The summed E-state index contributed by atoms with van der Waals surface area (Å²) in [6.07, 6.45) is 5.31. The molecule has 2 aliphatic rings. The van der Waals surface area contributed by atoms with E-state index >= 15 is 0 Å². The molecule has 0 saturated carbocycles. The van der Waals surface area contributed by atoms with Crippen LogP contribution in [0.2, 0.25) is 0 Å². The third kappa shape index (κ3) is 4.05. The lowest BCUT2D eigenvalue weighted by Crippen LogP contribution is -2.46. The van der Waals surface area contributed by atoms with E-state index in [1.54, 1.807) is 19.2 Å². The van der Waals surface area contributed by atoms with Gasteiger partial charge in [0.2, 0.25) is 5.91 Å². The Hall–Kier alpha value is -3.32. The molecule has 5 rings (SSSR count). The smallest absolute Gasteiger partial charge is 0.335 e. The summed E-state index contributed by atoms with van der Waals surface area (Å²) in [5, 5.41) is 10.5. The van der Waals surface area contributed by atoms with Crippen molar-refractivity contribution in [2.24, 2.45) is 0 Å². The van der Waals surface area contributed by atoms with Crippen LogP contribution in [0.5, 0.6) is 5.75 Å². The van der Waals surface area contributed by atoms with Gasteiger partial charge in [-0.2, -0.15) is 0 Å². The van der Waals surface area contributed by atoms with Crippen molar-refractivity contribution in [1.29, 1.82) is 0 Å². The van der Waals surface area contributed by atoms with Crippen molar-refractivity contribution in [3.63, 3.8) is 0 Å². The first-order valence-electron chi connectivity index (χ1n) is 12.0. The number of carbonyl (C=O) groups excluding carboxylic acids is 1. The minimum Gasteiger partial charge on any atom is -0.496 e. The Kier molecular flexibility index (Phi) is 6.04. The van der Waals surface area contributed by atoms with Crippen LogP contribution in [-0.2, 0) is 11.3 Å². The predicted molar refractivity (Wildman–Crippen MR) is 130 cm³/mol. The molecule has 0 radical (unpaired) electrons. The normalized spacial score (nSPS) is 21.4. The molecule has 7 nitrogen and oxygen atoms in total. The second kappa shape index (κ2) is 9.14. The van der Waals surface area contributed by atoms with Crippen LogP contribution in [0.3, 0.4) is 0 Å². The number of rotatable bonds is 6. The van der Waals surface area contributed by atoms with Crippen LogP contribution in [0.1, 0.15) is 58.8 Å². The highest BCUT2D eigenvalue weighted by Gasteiger charge is 2.36.